The second kappa shape index (κ2) is 7.02. The van der Waals surface area contributed by atoms with Gasteiger partial charge in [0.2, 0.25) is 5.84 Å². The average Bonchev–Trinajstić information content (AvgIpc) is 3.02. The van der Waals surface area contributed by atoms with Gasteiger partial charge in [0.1, 0.15) is 0 Å². The summed E-state index contributed by atoms with van der Waals surface area (Å²) in [5.41, 5.74) is -0.527. The number of ether oxygens (including phenoxy) is 1. The van der Waals surface area contributed by atoms with Crippen LogP contribution < -0.4 is 5.32 Å². The van der Waals surface area contributed by atoms with Crippen molar-refractivity contribution in [2.24, 2.45) is 8.80 Å². The molecule has 0 aromatic carbocycles. The maximum absolute atomic E-state index is 12.7. The topological polar surface area (TPSA) is 121 Å². The minimum atomic E-state index is -3.87. The zero-order chi connectivity index (χ0) is 19.0. The van der Waals surface area contributed by atoms with Crippen LogP contribution in [0.15, 0.2) is 18.4 Å². The minimum absolute atomic E-state index is 0.0441. The molecule has 0 spiro atoms. The number of sulfonamides is 1. The number of hydrogen-bond acceptors (Lipinski definition) is 7. The van der Waals surface area contributed by atoms with E-state index in [1.807, 2.05) is 0 Å². The van der Waals surface area contributed by atoms with Crippen LogP contribution in [0, 0.1) is 0 Å². The van der Waals surface area contributed by atoms with Gasteiger partial charge < -0.3 is 15.2 Å². The van der Waals surface area contributed by atoms with Crippen molar-refractivity contribution < 1.29 is 22.5 Å². The average molecular weight is 409 g/mol. The number of anilines is 1. The molecular weight excluding hydrogens is 388 g/mol. The Hall–Kier alpha value is -1.50. The lowest BCUT2D eigenvalue weighted by atomic mass is 10.1. The van der Waals surface area contributed by atoms with E-state index in [4.69, 9.17) is 4.74 Å². The summed E-state index contributed by atoms with van der Waals surface area (Å²) < 4.78 is 50.5. The summed E-state index contributed by atoms with van der Waals surface area (Å²) in [4.78, 5) is 0. The standard InChI is InChI=1S/C13H20N4O5S3/c1-6-22-11-10(15-24(19)16-11)14-8-7-23-12(9(8)18)25(20,21)17(5)13(2,3)4/h7,18H,6H2,1-5H3,(H,14,15). The van der Waals surface area contributed by atoms with Crippen molar-refractivity contribution >= 4 is 50.0 Å². The van der Waals surface area contributed by atoms with Crippen LogP contribution in [0.1, 0.15) is 27.7 Å². The maximum Gasteiger partial charge on any atom is 0.271 e. The van der Waals surface area contributed by atoms with Gasteiger partial charge in [0.05, 0.1) is 12.3 Å². The van der Waals surface area contributed by atoms with Crippen molar-refractivity contribution in [3.8, 4) is 5.75 Å². The van der Waals surface area contributed by atoms with Crippen molar-refractivity contribution in [3.63, 3.8) is 0 Å². The van der Waals surface area contributed by atoms with Crippen molar-refractivity contribution in [3.05, 3.63) is 5.38 Å². The highest BCUT2D eigenvalue weighted by molar-refractivity contribution is 7.91. The first kappa shape index (κ1) is 19.8. The Morgan fingerprint density at radius 2 is 2.04 bits per heavy atom. The predicted molar refractivity (Wildman–Crippen MR) is 98.9 cm³/mol. The lowest BCUT2D eigenvalue weighted by Gasteiger charge is -2.30. The van der Waals surface area contributed by atoms with E-state index in [1.54, 1.807) is 27.7 Å². The first-order valence-electron chi connectivity index (χ1n) is 7.27. The SMILES string of the molecule is CCOC1=NS(=O)N=C1Nc1csc(S(=O)(=O)N(C)C(C)(C)C)c1O. The van der Waals surface area contributed by atoms with Crippen molar-refractivity contribution in [2.45, 2.75) is 37.4 Å². The van der Waals surface area contributed by atoms with Gasteiger partial charge in [0.25, 0.3) is 27.1 Å². The first-order chi connectivity index (χ1) is 11.5. The van der Waals surface area contributed by atoms with Crippen LogP contribution in [-0.2, 0) is 25.9 Å². The fraction of sp³-hybridized carbons (Fsp3) is 0.538. The fourth-order valence-electron chi connectivity index (χ4n) is 1.78. The van der Waals surface area contributed by atoms with Gasteiger partial charge in [-0.15, -0.1) is 20.1 Å². The Morgan fingerprint density at radius 1 is 1.40 bits per heavy atom. The summed E-state index contributed by atoms with van der Waals surface area (Å²) in [7, 11) is -2.42. The number of aromatic hydroxyl groups is 1. The van der Waals surface area contributed by atoms with Crippen LogP contribution in [0.25, 0.3) is 0 Å². The van der Waals surface area contributed by atoms with Gasteiger partial charge in [-0.1, -0.05) is 0 Å². The quantitative estimate of drug-likeness (QED) is 0.782. The molecule has 0 bridgehead atoms. The zero-order valence-corrected chi connectivity index (χ0v) is 16.9. The minimum Gasteiger partial charge on any atom is -0.504 e. The van der Waals surface area contributed by atoms with E-state index >= 15 is 0 Å². The van der Waals surface area contributed by atoms with Crippen molar-refractivity contribution in [2.75, 3.05) is 19.0 Å². The zero-order valence-electron chi connectivity index (χ0n) is 14.4. The Labute approximate surface area is 153 Å². The molecule has 0 amide bonds. The van der Waals surface area contributed by atoms with Crippen molar-refractivity contribution in [1.29, 1.82) is 0 Å². The molecule has 1 aromatic heterocycles. The van der Waals surface area contributed by atoms with Crippen LogP contribution in [0.5, 0.6) is 5.75 Å². The molecule has 0 fully saturated rings. The molecule has 0 radical (unpaired) electrons. The van der Waals surface area contributed by atoms with E-state index in [9.17, 15) is 17.7 Å². The van der Waals surface area contributed by atoms with Crippen LogP contribution in [0.3, 0.4) is 0 Å². The van der Waals surface area contributed by atoms with Crippen LogP contribution in [-0.4, -0.2) is 53.0 Å². The number of thiophene rings is 1. The monoisotopic (exact) mass is 408 g/mol. The molecule has 2 heterocycles. The lowest BCUT2D eigenvalue weighted by molar-refractivity contribution is 0.291. The molecule has 0 saturated heterocycles. The summed E-state index contributed by atoms with van der Waals surface area (Å²) in [6, 6.07) is 0. The molecule has 12 heteroatoms. The molecule has 1 aromatic rings. The van der Waals surface area contributed by atoms with E-state index < -0.39 is 32.5 Å². The van der Waals surface area contributed by atoms with E-state index in [2.05, 4.69) is 14.1 Å². The molecule has 0 saturated carbocycles. The number of nitrogens with one attached hydrogen (secondary N) is 1. The van der Waals surface area contributed by atoms with Gasteiger partial charge in [-0.05, 0) is 27.7 Å². The highest BCUT2D eigenvalue weighted by atomic mass is 32.2. The highest BCUT2D eigenvalue weighted by Crippen LogP contribution is 2.40. The summed E-state index contributed by atoms with van der Waals surface area (Å²) in [5, 5.41) is 14.5. The highest BCUT2D eigenvalue weighted by Gasteiger charge is 2.35. The Kier molecular flexibility index (Phi) is 5.56. The van der Waals surface area contributed by atoms with Gasteiger partial charge in [-0.25, -0.2) is 12.6 Å². The number of amidine groups is 1. The summed E-state index contributed by atoms with van der Waals surface area (Å²) >= 11 is -0.938. The number of nitrogens with zero attached hydrogens (tertiary/aromatic N) is 3. The smallest absolute Gasteiger partial charge is 0.271 e. The Morgan fingerprint density at radius 3 is 2.60 bits per heavy atom. The van der Waals surface area contributed by atoms with Crippen LogP contribution in [0.4, 0.5) is 5.69 Å². The van der Waals surface area contributed by atoms with E-state index in [1.165, 1.54) is 16.7 Å². The third-order valence-corrected chi connectivity index (χ3v) is 7.61. The molecule has 1 atom stereocenters. The number of rotatable bonds is 4. The van der Waals surface area contributed by atoms with Crippen LogP contribution >= 0.6 is 11.3 Å². The van der Waals surface area contributed by atoms with Gasteiger partial charge in [0.15, 0.2) is 9.96 Å². The summed E-state index contributed by atoms with van der Waals surface area (Å²) in [6.07, 6.45) is 0. The second-order valence-corrected chi connectivity index (χ2v) is 9.92. The third-order valence-electron chi connectivity index (χ3n) is 3.34. The number of hydrogen-bond donors (Lipinski definition) is 2. The summed E-state index contributed by atoms with van der Waals surface area (Å²) in [6.45, 7) is 7.28. The lowest BCUT2D eigenvalue weighted by Crippen LogP contribution is -2.42. The van der Waals surface area contributed by atoms with E-state index in [0.29, 0.717) is 6.61 Å². The largest absolute Gasteiger partial charge is 0.504 e. The van der Waals surface area contributed by atoms with Gasteiger partial charge >= 0.3 is 0 Å². The second-order valence-electron chi connectivity index (χ2n) is 6.05. The molecular formula is C13H20N4O5S3. The molecule has 2 rings (SSSR count). The maximum atomic E-state index is 12.7. The molecule has 0 aliphatic carbocycles. The van der Waals surface area contributed by atoms with Gasteiger partial charge in [-0.2, -0.15) is 4.31 Å². The molecule has 140 valence electrons. The Balaban J connectivity index is 2.33. The van der Waals surface area contributed by atoms with E-state index in [-0.39, 0.29) is 21.6 Å². The van der Waals surface area contributed by atoms with Gasteiger partial charge in [0, 0.05) is 18.0 Å². The molecule has 25 heavy (non-hydrogen) atoms. The Bertz CT molecular complexity index is 852. The van der Waals surface area contributed by atoms with E-state index in [0.717, 1.165) is 11.3 Å². The molecule has 1 unspecified atom stereocenters. The third kappa shape index (κ3) is 4.02. The van der Waals surface area contributed by atoms with Crippen molar-refractivity contribution in [1.82, 2.24) is 4.31 Å². The normalized spacial score (nSPS) is 18.2. The van der Waals surface area contributed by atoms with Gasteiger partial charge in [-0.3, -0.25) is 0 Å². The molecule has 9 nitrogen and oxygen atoms in total. The first-order valence-corrected chi connectivity index (χ1v) is 10.7. The predicted octanol–water partition coefficient (Wildman–Crippen LogP) is 1.71. The van der Waals surface area contributed by atoms with Crippen LogP contribution in [0.2, 0.25) is 0 Å². The molecule has 1 aliphatic heterocycles. The molecule has 1 aliphatic rings. The fourth-order valence-corrected chi connectivity index (χ4v) is 5.29. The summed E-state index contributed by atoms with van der Waals surface area (Å²) in [5.74, 6) is -0.318. The molecule has 2 N–H and O–H groups in total.